The van der Waals surface area contributed by atoms with E-state index in [1.54, 1.807) is 36.4 Å². The van der Waals surface area contributed by atoms with Crippen LogP contribution < -0.4 is 9.47 Å². The third-order valence-electron chi connectivity index (χ3n) is 4.35. The number of nitro groups is 1. The molecule has 31 heavy (non-hydrogen) atoms. The van der Waals surface area contributed by atoms with Crippen molar-refractivity contribution in [3.8, 4) is 17.6 Å². The van der Waals surface area contributed by atoms with Crippen LogP contribution in [0.1, 0.15) is 16.7 Å². The summed E-state index contributed by atoms with van der Waals surface area (Å²) in [5.74, 6) is 0.563. The molecule has 0 unspecified atom stereocenters. The van der Waals surface area contributed by atoms with Gasteiger partial charge in [-0.3, -0.25) is 10.1 Å². The van der Waals surface area contributed by atoms with Crippen molar-refractivity contribution < 1.29 is 18.8 Å². The first-order valence-electron chi connectivity index (χ1n) is 9.02. The second kappa shape index (κ2) is 9.87. The topological polar surface area (TPSA) is 85.4 Å². The summed E-state index contributed by atoms with van der Waals surface area (Å²) in [4.78, 5) is 10.5. The molecule has 0 aliphatic carbocycles. The van der Waals surface area contributed by atoms with E-state index in [1.807, 2.05) is 0 Å². The maximum absolute atomic E-state index is 13.1. The quantitative estimate of drug-likeness (QED) is 0.174. The van der Waals surface area contributed by atoms with Crippen LogP contribution in [0.3, 0.4) is 0 Å². The Morgan fingerprint density at radius 3 is 2.61 bits per heavy atom. The standard InChI is InChI=1S/C23H16BrFN2O4/c1-30-22-11-16(9-18(13-26)17-3-2-4-20(12-17)27(28)29)10-21(24)23(22)31-14-15-5-7-19(25)8-6-15/h2-12H,14H2,1H3. The number of nitro benzene ring substituents is 1. The molecule has 0 aromatic heterocycles. The minimum atomic E-state index is -0.509. The maximum Gasteiger partial charge on any atom is 0.270 e. The van der Waals surface area contributed by atoms with Crippen LogP contribution in [0, 0.1) is 27.3 Å². The average Bonchev–Trinajstić information content (AvgIpc) is 2.77. The van der Waals surface area contributed by atoms with Gasteiger partial charge in [-0.05, 0) is 63.0 Å². The Kier molecular flexibility index (Phi) is 7.00. The van der Waals surface area contributed by atoms with Gasteiger partial charge in [0, 0.05) is 12.1 Å². The van der Waals surface area contributed by atoms with Crippen LogP contribution in [-0.2, 0) is 6.61 Å². The Balaban J connectivity index is 1.90. The summed E-state index contributed by atoms with van der Waals surface area (Å²) in [7, 11) is 1.49. The molecule has 0 atom stereocenters. The van der Waals surface area contributed by atoms with Gasteiger partial charge < -0.3 is 9.47 Å². The zero-order valence-electron chi connectivity index (χ0n) is 16.3. The average molecular weight is 483 g/mol. The highest BCUT2D eigenvalue weighted by Crippen LogP contribution is 2.38. The second-order valence-corrected chi connectivity index (χ2v) is 7.28. The molecule has 0 heterocycles. The third-order valence-corrected chi connectivity index (χ3v) is 4.94. The molecule has 3 aromatic rings. The number of hydrogen-bond acceptors (Lipinski definition) is 5. The molecule has 0 radical (unpaired) electrons. The fourth-order valence-electron chi connectivity index (χ4n) is 2.83. The fourth-order valence-corrected chi connectivity index (χ4v) is 3.41. The number of nitriles is 1. The molecule has 6 nitrogen and oxygen atoms in total. The lowest BCUT2D eigenvalue weighted by Crippen LogP contribution is -1.99. The lowest BCUT2D eigenvalue weighted by Gasteiger charge is -2.14. The van der Waals surface area contributed by atoms with Gasteiger partial charge in [-0.25, -0.2) is 4.39 Å². The Hall–Kier alpha value is -3.70. The first kappa shape index (κ1) is 22.0. The number of non-ortho nitro benzene ring substituents is 1. The number of halogens is 2. The molecule has 0 fully saturated rings. The van der Waals surface area contributed by atoms with Crippen molar-refractivity contribution in [3.05, 3.63) is 97.8 Å². The number of benzene rings is 3. The van der Waals surface area contributed by atoms with Crippen LogP contribution in [0.15, 0.2) is 65.1 Å². The first-order valence-corrected chi connectivity index (χ1v) is 9.82. The zero-order valence-corrected chi connectivity index (χ0v) is 17.9. The van der Waals surface area contributed by atoms with Crippen molar-refractivity contribution in [3.63, 3.8) is 0 Å². The van der Waals surface area contributed by atoms with Gasteiger partial charge >= 0.3 is 0 Å². The normalized spacial score (nSPS) is 11.0. The molecule has 0 amide bonds. The van der Waals surface area contributed by atoms with Crippen molar-refractivity contribution in [2.24, 2.45) is 0 Å². The fraction of sp³-hybridized carbons (Fsp3) is 0.0870. The molecule has 3 aromatic carbocycles. The van der Waals surface area contributed by atoms with Gasteiger partial charge in [0.1, 0.15) is 12.4 Å². The highest BCUT2D eigenvalue weighted by atomic mass is 79.9. The molecular formula is C23H16BrFN2O4. The molecule has 0 N–H and O–H groups in total. The van der Waals surface area contributed by atoms with Gasteiger partial charge in [0.25, 0.3) is 5.69 Å². The van der Waals surface area contributed by atoms with Gasteiger partial charge in [0.05, 0.1) is 28.1 Å². The van der Waals surface area contributed by atoms with E-state index in [0.717, 1.165) is 5.56 Å². The summed E-state index contributed by atoms with van der Waals surface area (Å²) in [6.45, 7) is 0.210. The highest BCUT2D eigenvalue weighted by Gasteiger charge is 2.13. The van der Waals surface area contributed by atoms with Gasteiger partial charge in [-0.2, -0.15) is 5.26 Å². The van der Waals surface area contributed by atoms with E-state index in [9.17, 15) is 19.8 Å². The predicted octanol–water partition coefficient (Wildman–Crippen LogP) is 6.15. The van der Waals surface area contributed by atoms with Crippen LogP contribution in [0.2, 0.25) is 0 Å². The van der Waals surface area contributed by atoms with E-state index in [0.29, 0.717) is 27.1 Å². The Morgan fingerprint density at radius 1 is 1.23 bits per heavy atom. The van der Waals surface area contributed by atoms with Crippen molar-refractivity contribution in [1.29, 1.82) is 5.26 Å². The monoisotopic (exact) mass is 482 g/mol. The molecule has 156 valence electrons. The molecule has 0 aliphatic rings. The minimum Gasteiger partial charge on any atom is -0.493 e. The molecule has 8 heteroatoms. The molecular weight excluding hydrogens is 467 g/mol. The largest absolute Gasteiger partial charge is 0.493 e. The van der Waals surface area contributed by atoms with Crippen LogP contribution in [0.25, 0.3) is 11.6 Å². The SMILES string of the molecule is COc1cc(C=C(C#N)c2cccc([N+](=O)[O-])c2)cc(Br)c1OCc1ccc(F)cc1. The Morgan fingerprint density at radius 2 is 1.97 bits per heavy atom. The number of allylic oxidation sites excluding steroid dienone is 1. The zero-order chi connectivity index (χ0) is 22.4. The third kappa shape index (κ3) is 5.47. The summed E-state index contributed by atoms with van der Waals surface area (Å²) in [5, 5.41) is 20.6. The molecule has 0 saturated carbocycles. The maximum atomic E-state index is 13.1. The summed E-state index contributed by atoms with van der Waals surface area (Å²) in [5.41, 5.74) is 2.03. The van der Waals surface area contributed by atoms with Gasteiger partial charge in [0.2, 0.25) is 0 Å². The number of nitrogens with zero attached hydrogens (tertiary/aromatic N) is 2. The van der Waals surface area contributed by atoms with Crippen LogP contribution in [-0.4, -0.2) is 12.0 Å². The van der Waals surface area contributed by atoms with Crippen LogP contribution in [0.4, 0.5) is 10.1 Å². The molecule has 0 bridgehead atoms. The van der Waals surface area contributed by atoms with Crippen LogP contribution in [0.5, 0.6) is 11.5 Å². The van der Waals surface area contributed by atoms with Crippen molar-refractivity contribution in [2.75, 3.05) is 7.11 Å². The smallest absolute Gasteiger partial charge is 0.270 e. The number of ether oxygens (including phenoxy) is 2. The van der Waals surface area contributed by atoms with Crippen LogP contribution >= 0.6 is 15.9 Å². The summed E-state index contributed by atoms with van der Waals surface area (Å²) < 4.78 is 24.9. The van der Waals surface area contributed by atoms with Crippen molar-refractivity contribution >= 4 is 33.3 Å². The van der Waals surface area contributed by atoms with Gasteiger partial charge in [-0.1, -0.05) is 24.3 Å². The lowest BCUT2D eigenvalue weighted by molar-refractivity contribution is -0.384. The minimum absolute atomic E-state index is 0.0954. The second-order valence-electron chi connectivity index (χ2n) is 6.43. The molecule has 0 aliphatic heterocycles. The van der Waals surface area contributed by atoms with E-state index in [2.05, 4.69) is 22.0 Å². The lowest BCUT2D eigenvalue weighted by atomic mass is 10.0. The Bertz CT molecular complexity index is 1190. The van der Waals surface area contributed by atoms with E-state index < -0.39 is 4.92 Å². The van der Waals surface area contributed by atoms with Gasteiger partial charge in [-0.15, -0.1) is 0 Å². The van der Waals surface area contributed by atoms with E-state index in [1.165, 1.54) is 37.4 Å². The number of methoxy groups -OCH3 is 1. The Labute approximate surface area is 186 Å². The van der Waals surface area contributed by atoms with E-state index in [-0.39, 0.29) is 23.7 Å². The van der Waals surface area contributed by atoms with Crippen molar-refractivity contribution in [2.45, 2.75) is 6.61 Å². The highest BCUT2D eigenvalue weighted by molar-refractivity contribution is 9.10. The summed E-state index contributed by atoms with van der Waals surface area (Å²) in [6.07, 6.45) is 1.61. The van der Waals surface area contributed by atoms with Gasteiger partial charge in [0.15, 0.2) is 11.5 Å². The number of hydrogen-bond donors (Lipinski definition) is 0. The first-order chi connectivity index (χ1) is 14.9. The van der Waals surface area contributed by atoms with Crippen molar-refractivity contribution in [1.82, 2.24) is 0 Å². The predicted molar refractivity (Wildman–Crippen MR) is 118 cm³/mol. The van der Waals surface area contributed by atoms with E-state index >= 15 is 0 Å². The summed E-state index contributed by atoms with van der Waals surface area (Å²) in [6, 6.07) is 17.4. The number of rotatable bonds is 7. The molecule has 0 saturated heterocycles. The summed E-state index contributed by atoms with van der Waals surface area (Å²) >= 11 is 3.46. The molecule has 3 rings (SSSR count). The molecule has 0 spiro atoms. The van der Waals surface area contributed by atoms with E-state index in [4.69, 9.17) is 9.47 Å².